The van der Waals surface area contributed by atoms with E-state index in [2.05, 4.69) is 64.8 Å². The summed E-state index contributed by atoms with van der Waals surface area (Å²) in [7, 11) is 0. The van der Waals surface area contributed by atoms with Gasteiger partial charge < -0.3 is 35.1 Å². The Labute approximate surface area is 328 Å². The Bertz CT molecular complexity index is 1790. The summed E-state index contributed by atoms with van der Waals surface area (Å²) in [5, 5.41) is 27.7. The molecular formula is C40H53N11O5. The normalized spacial score (nSPS) is 13.3. The van der Waals surface area contributed by atoms with Gasteiger partial charge in [-0.15, -0.1) is 20.4 Å². The molecule has 16 nitrogen and oxygen atoms in total. The summed E-state index contributed by atoms with van der Waals surface area (Å²) in [5.74, 6) is 0.944. The van der Waals surface area contributed by atoms with E-state index < -0.39 is 0 Å². The van der Waals surface area contributed by atoms with Gasteiger partial charge in [-0.25, -0.2) is 0 Å². The molecule has 5 rings (SSSR count). The number of hydrogen-bond acceptors (Lipinski definition) is 14. The highest BCUT2D eigenvalue weighted by Gasteiger charge is 2.21. The van der Waals surface area contributed by atoms with Gasteiger partial charge in [0.2, 0.25) is 11.7 Å². The van der Waals surface area contributed by atoms with E-state index in [1.807, 2.05) is 41.3 Å². The minimum absolute atomic E-state index is 0.136. The smallest absolute Gasteiger partial charge is 0.251 e. The largest absolute Gasteiger partial charge is 0.378 e. The van der Waals surface area contributed by atoms with Crippen molar-refractivity contribution in [2.45, 2.75) is 20.3 Å². The molecule has 3 N–H and O–H groups in total. The average molecular weight is 768 g/mol. The summed E-state index contributed by atoms with van der Waals surface area (Å²) in [6.07, 6.45) is 0.360. The van der Waals surface area contributed by atoms with Crippen LogP contribution in [0.25, 0.3) is 11.4 Å². The fourth-order valence-corrected chi connectivity index (χ4v) is 5.89. The van der Waals surface area contributed by atoms with E-state index in [0.29, 0.717) is 95.1 Å². The van der Waals surface area contributed by atoms with Crippen LogP contribution >= 0.6 is 0 Å². The molecular weight excluding hydrogens is 715 g/mol. The number of likely N-dealkylation sites (N-methyl/N-ethyl adjacent to an activating group) is 1. The Morgan fingerprint density at radius 1 is 0.768 bits per heavy atom. The molecule has 16 heteroatoms. The molecule has 3 aromatic carbocycles. The summed E-state index contributed by atoms with van der Waals surface area (Å²) in [4.78, 5) is 32.3. The number of anilines is 1. The number of benzene rings is 3. The van der Waals surface area contributed by atoms with Gasteiger partial charge in [-0.2, -0.15) is 10.2 Å². The van der Waals surface area contributed by atoms with Crippen LogP contribution in [0.4, 0.5) is 17.1 Å². The maximum Gasteiger partial charge on any atom is 0.251 e. The zero-order chi connectivity index (χ0) is 39.4. The van der Waals surface area contributed by atoms with Gasteiger partial charge in [0, 0.05) is 75.7 Å². The number of aromatic nitrogens is 4. The average Bonchev–Trinajstić information content (AvgIpc) is 3.23. The summed E-state index contributed by atoms with van der Waals surface area (Å²) >= 11 is 0. The van der Waals surface area contributed by atoms with Crippen molar-refractivity contribution in [2.24, 2.45) is 16.0 Å². The standard InChI is InChI=1S/C40H53N11O5/c1-3-50(21-18-49-19-22-51(23-20-49)38(52)30-32-4-6-33(7-5-32)39-47-43-31(2)44-48-39)37-14-12-36(13-15-37)46-45-35-10-8-34(9-11-35)40(53)42-17-25-55-27-29-56-28-26-54-24-16-41/h4-15H,3,16-30,41H2,1-2H3,(H,42,53)/b46-45+. The Hall–Kier alpha value is -5.26. The van der Waals surface area contributed by atoms with Crippen molar-refractivity contribution >= 4 is 28.9 Å². The number of nitrogens with one attached hydrogen (secondary N) is 1. The lowest BCUT2D eigenvalue weighted by Crippen LogP contribution is -2.50. The monoisotopic (exact) mass is 767 g/mol. The maximum absolute atomic E-state index is 13.1. The first-order chi connectivity index (χ1) is 27.4. The van der Waals surface area contributed by atoms with Crippen molar-refractivity contribution in [2.75, 3.05) is 103 Å². The molecule has 4 aromatic rings. The van der Waals surface area contributed by atoms with Crippen LogP contribution in [0.1, 0.15) is 28.7 Å². The molecule has 1 fully saturated rings. The van der Waals surface area contributed by atoms with E-state index in [9.17, 15) is 9.59 Å². The molecule has 0 bridgehead atoms. The number of nitrogens with two attached hydrogens (primary N) is 1. The molecule has 0 atom stereocenters. The molecule has 1 saturated heterocycles. The van der Waals surface area contributed by atoms with Gasteiger partial charge in [0.05, 0.1) is 57.4 Å². The van der Waals surface area contributed by atoms with Crippen molar-refractivity contribution < 1.29 is 23.8 Å². The van der Waals surface area contributed by atoms with E-state index >= 15 is 0 Å². The zero-order valence-electron chi connectivity index (χ0n) is 32.4. The van der Waals surface area contributed by atoms with Crippen LogP contribution in [0.3, 0.4) is 0 Å². The van der Waals surface area contributed by atoms with Gasteiger partial charge in [0.1, 0.15) is 0 Å². The van der Waals surface area contributed by atoms with Crippen molar-refractivity contribution in [3.05, 3.63) is 89.7 Å². The number of azo groups is 1. The first kappa shape index (κ1) is 41.9. The Morgan fingerprint density at radius 2 is 1.36 bits per heavy atom. The van der Waals surface area contributed by atoms with Gasteiger partial charge >= 0.3 is 0 Å². The van der Waals surface area contributed by atoms with Crippen molar-refractivity contribution in [3.63, 3.8) is 0 Å². The van der Waals surface area contributed by atoms with E-state index in [4.69, 9.17) is 19.9 Å². The van der Waals surface area contributed by atoms with Crippen LogP contribution < -0.4 is 16.0 Å². The van der Waals surface area contributed by atoms with Crippen molar-refractivity contribution in [1.29, 1.82) is 0 Å². The molecule has 1 aliphatic rings. The SMILES string of the molecule is CCN(CCN1CCN(C(=O)Cc2ccc(-c3nnc(C)nn3)cc2)CC1)c1ccc(/N=N/c2ccc(C(=O)NCCOCCOCCOCCN)cc2)cc1. The number of carbonyl (C=O) groups is 2. The molecule has 0 unspecified atom stereocenters. The lowest BCUT2D eigenvalue weighted by Gasteiger charge is -2.36. The summed E-state index contributed by atoms with van der Waals surface area (Å²) in [5.41, 5.74) is 10.2. The summed E-state index contributed by atoms with van der Waals surface area (Å²) in [6, 6.07) is 22.7. The van der Waals surface area contributed by atoms with Crippen LogP contribution in [0.2, 0.25) is 0 Å². The highest BCUT2D eigenvalue weighted by Crippen LogP contribution is 2.23. The molecule has 0 aliphatic carbocycles. The third kappa shape index (κ3) is 13.8. The number of carbonyl (C=O) groups excluding carboxylic acids is 2. The lowest BCUT2D eigenvalue weighted by atomic mass is 10.1. The van der Waals surface area contributed by atoms with Crippen molar-refractivity contribution in [3.8, 4) is 11.4 Å². The zero-order valence-corrected chi connectivity index (χ0v) is 32.4. The quantitative estimate of drug-likeness (QED) is 0.0876. The first-order valence-electron chi connectivity index (χ1n) is 19.1. The number of ether oxygens (including phenoxy) is 3. The van der Waals surface area contributed by atoms with E-state index in [1.54, 1.807) is 31.2 Å². The van der Waals surface area contributed by atoms with Gasteiger partial charge in [-0.1, -0.05) is 24.3 Å². The van der Waals surface area contributed by atoms with Crippen LogP contribution in [-0.2, 0) is 25.4 Å². The second kappa shape index (κ2) is 23.0. The summed E-state index contributed by atoms with van der Waals surface area (Å²) in [6.45, 7) is 13.4. The lowest BCUT2D eigenvalue weighted by molar-refractivity contribution is -0.132. The third-order valence-electron chi connectivity index (χ3n) is 9.10. The predicted octanol–water partition coefficient (Wildman–Crippen LogP) is 3.61. The molecule has 0 saturated carbocycles. The van der Waals surface area contributed by atoms with Gasteiger partial charge in [-0.3, -0.25) is 14.5 Å². The third-order valence-corrected chi connectivity index (χ3v) is 9.10. The number of hydrogen-bond donors (Lipinski definition) is 2. The molecule has 1 aliphatic heterocycles. The molecule has 2 amide bonds. The topological polar surface area (TPSA) is 186 Å². The molecule has 1 aromatic heterocycles. The fourth-order valence-electron chi connectivity index (χ4n) is 5.89. The van der Waals surface area contributed by atoms with Gasteiger partial charge in [-0.05, 0) is 67.9 Å². The summed E-state index contributed by atoms with van der Waals surface area (Å²) < 4.78 is 16.1. The minimum atomic E-state index is -0.181. The minimum Gasteiger partial charge on any atom is -0.378 e. The van der Waals surface area contributed by atoms with E-state index in [-0.39, 0.29) is 11.8 Å². The highest BCUT2D eigenvalue weighted by atomic mass is 16.5. The van der Waals surface area contributed by atoms with Gasteiger partial charge in [0.15, 0.2) is 5.82 Å². The number of aryl methyl sites for hydroxylation is 1. The van der Waals surface area contributed by atoms with E-state index in [0.717, 1.165) is 55.2 Å². The Morgan fingerprint density at radius 3 is 1.96 bits per heavy atom. The molecule has 56 heavy (non-hydrogen) atoms. The Balaban J connectivity index is 0.967. The molecule has 2 heterocycles. The molecule has 0 radical (unpaired) electrons. The van der Waals surface area contributed by atoms with Crippen LogP contribution in [-0.4, -0.2) is 141 Å². The molecule has 298 valence electrons. The van der Waals surface area contributed by atoms with Gasteiger partial charge in [0.25, 0.3) is 5.91 Å². The highest BCUT2D eigenvalue weighted by molar-refractivity contribution is 5.94. The number of rotatable bonds is 22. The number of piperazine rings is 1. The number of nitrogens with zero attached hydrogens (tertiary/aromatic N) is 9. The second-order valence-corrected chi connectivity index (χ2v) is 13.1. The van der Waals surface area contributed by atoms with Crippen molar-refractivity contribution in [1.82, 2.24) is 35.5 Å². The maximum atomic E-state index is 13.1. The molecule has 0 spiro atoms. The van der Waals surface area contributed by atoms with E-state index in [1.165, 1.54) is 0 Å². The van der Waals surface area contributed by atoms with Crippen LogP contribution in [0.5, 0.6) is 0 Å². The number of amides is 2. The fraction of sp³-hybridized carbons (Fsp3) is 0.450. The first-order valence-corrected chi connectivity index (χ1v) is 19.1. The predicted molar refractivity (Wildman–Crippen MR) is 213 cm³/mol. The van der Waals surface area contributed by atoms with Crippen LogP contribution in [0, 0.1) is 6.92 Å². The van der Waals surface area contributed by atoms with Crippen LogP contribution in [0.15, 0.2) is 83.0 Å². The Kier molecular flexibility index (Phi) is 17.2. The second-order valence-electron chi connectivity index (χ2n) is 13.1.